The zero-order valence-electron chi connectivity index (χ0n) is 14.9. The summed E-state index contributed by atoms with van der Waals surface area (Å²) in [6.45, 7) is 2.56. The van der Waals surface area contributed by atoms with Gasteiger partial charge in [-0.25, -0.2) is 4.79 Å². The number of esters is 1. The number of aliphatic hydroxyl groups is 3. The zero-order valence-corrected chi connectivity index (χ0v) is 14.9. The van der Waals surface area contributed by atoms with Gasteiger partial charge in [0.2, 0.25) is 12.2 Å². The molecule has 0 unspecified atom stereocenters. The van der Waals surface area contributed by atoms with Gasteiger partial charge in [-0.05, 0) is 19.1 Å². The van der Waals surface area contributed by atoms with E-state index in [9.17, 15) is 24.9 Å². The first-order chi connectivity index (χ1) is 12.8. The summed E-state index contributed by atoms with van der Waals surface area (Å²) in [6, 6.07) is -1.05. The number of carbonyl (C=O) groups excluding carboxylic acids is 2. The second-order valence-electron chi connectivity index (χ2n) is 6.79. The fraction of sp³-hybridized carbons (Fsp3) is 0.556. The van der Waals surface area contributed by atoms with Crippen LogP contribution in [0, 0.1) is 5.92 Å². The van der Waals surface area contributed by atoms with Gasteiger partial charge in [0.25, 0.3) is 0 Å². The predicted octanol–water partition coefficient (Wildman–Crippen LogP) is -1.11. The lowest BCUT2D eigenvalue weighted by atomic mass is 9.88. The lowest BCUT2D eigenvalue weighted by Crippen LogP contribution is -2.64. The Hall–Kier alpha value is -2.20. The second-order valence-corrected chi connectivity index (χ2v) is 6.79. The molecular formula is C18H23NO8. The first-order valence-electron chi connectivity index (χ1n) is 8.65. The monoisotopic (exact) mass is 381 g/mol. The zero-order chi connectivity index (χ0) is 19.7. The van der Waals surface area contributed by atoms with Crippen molar-refractivity contribution in [3.05, 3.63) is 35.6 Å². The van der Waals surface area contributed by atoms with Gasteiger partial charge in [0.15, 0.2) is 0 Å². The number of hydrogen-bond acceptors (Lipinski definition) is 8. The lowest BCUT2D eigenvalue weighted by Gasteiger charge is -2.42. The van der Waals surface area contributed by atoms with Crippen molar-refractivity contribution < 1.29 is 39.1 Å². The van der Waals surface area contributed by atoms with Crippen LogP contribution in [0.15, 0.2) is 35.6 Å². The number of aliphatic hydroxyl groups excluding tert-OH is 3. The highest BCUT2D eigenvalue weighted by molar-refractivity contribution is 5.84. The second kappa shape index (κ2) is 7.81. The molecule has 3 rings (SSSR count). The molecule has 1 fully saturated rings. The van der Waals surface area contributed by atoms with Gasteiger partial charge in [0.1, 0.15) is 36.2 Å². The average molecular weight is 381 g/mol. The smallest absolute Gasteiger partial charge is 0.331 e. The Balaban J connectivity index is 1.78. The standard InChI is InChI=1S/C18H23NO8/c1-8-5-14(22)26-12-6-10(3-4-11(8)12)25-18-15(19-9(2)21)17(24)16(23)13(7-20)27-18/h3-6,11-13,15-18,20,23-24H,7H2,1-2H3,(H,19,21)/t11-,12-,13-,15-,16-,17-,18-/m1/s1. The molecule has 0 aromatic carbocycles. The molecule has 3 aliphatic rings. The topological polar surface area (TPSA) is 135 Å². The van der Waals surface area contributed by atoms with Gasteiger partial charge < -0.3 is 34.8 Å². The average Bonchev–Trinajstić information content (AvgIpc) is 2.60. The number of fused-ring (bicyclic) bond motifs is 1. The normalized spacial score (nSPS) is 38.3. The minimum absolute atomic E-state index is 0.0916. The molecule has 0 radical (unpaired) electrons. The van der Waals surface area contributed by atoms with E-state index in [2.05, 4.69) is 5.32 Å². The molecule has 0 bridgehead atoms. The summed E-state index contributed by atoms with van der Waals surface area (Å²) in [7, 11) is 0. The summed E-state index contributed by atoms with van der Waals surface area (Å²) < 4.78 is 16.6. The molecule has 1 saturated heterocycles. The van der Waals surface area contributed by atoms with Crippen molar-refractivity contribution in [1.82, 2.24) is 5.32 Å². The maximum absolute atomic E-state index is 11.6. The van der Waals surface area contributed by atoms with E-state index in [1.54, 1.807) is 12.2 Å². The Labute approximate surface area is 155 Å². The van der Waals surface area contributed by atoms with Crippen molar-refractivity contribution >= 4 is 11.9 Å². The molecule has 0 aromatic rings. The van der Waals surface area contributed by atoms with Crippen LogP contribution >= 0.6 is 0 Å². The third kappa shape index (κ3) is 4.06. The molecule has 1 amide bonds. The lowest BCUT2D eigenvalue weighted by molar-refractivity contribution is -0.258. The summed E-state index contributed by atoms with van der Waals surface area (Å²) >= 11 is 0. The third-order valence-corrected chi connectivity index (χ3v) is 4.78. The number of carbonyl (C=O) groups is 2. The van der Waals surface area contributed by atoms with Crippen molar-refractivity contribution in [2.24, 2.45) is 5.92 Å². The van der Waals surface area contributed by atoms with E-state index in [1.165, 1.54) is 13.0 Å². The van der Waals surface area contributed by atoms with Crippen LogP contribution in [-0.2, 0) is 23.8 Å². The van der Waals surface area contributed by atoms with Crippen molar-refractivity contribution in [3.63, 3.8) is 0 Å². The summed E-state index contributed by atoms with van der Waals surface area (Å²) in [5.41, 5.74) is 0.867. The number of hydrogen-bond donors (Lipinski definition) is 4. The molecule has 0 aromatic heterocycles. The molecule has 148 valence electrons. The number of amides is 1. The molecule has 2 aliphatic heterocycles. The Kier molecular flexibility index (Phi) is 5.66. The summed E-state index contributed by atoms with van der Waals surface area (Å²) in [6.07, 6.45) is 0.990. The van der Waals surface area contributed by atoms with Gasteiger partial charge in [0.05, 0.1) is 6.61 Å². The quantitative estimate of drug-likeness (QED) is 0.450. The predicted molar refractivity (Wildman–Crippen MR) is 90.8 cm³/mol. The summed E-state index contributed by atoms with van der Waals surface area (Å²) in [5, 5.41) is 32.2. The van der Waals surface area contributed by atoms with Gasteiger partial charge >= 0.3 is 5.97 Å². The van der Waals surface area contributed by atoms with Crippen molar-refractivity contribution in [3.8, 4) is 0 Å². The minimum Gasteiger partial charge on any atom is -0.463 e. The Morgan fingerprint density at radius 1 is 1.33 bits per heavy atom. The maximum atomic E-state index is 11.6. The minimum atomic E-state index is -1.40. The van der Waals surface area contributed by atoms with E-state index < -0.39 is 55.2 Å². The first kappa shape index (κ1) is 19.6. The fourth-order valence-electron chi connectivity index (χ4n) is 3.38. The summed E-state index contributed by atoms with van der Waals surface area (Å²) in [4.78, 5) is 23.1. The van der Waals surface area contributed by atoms with E-state index in [0.717, 1.165) is 5.57 Å². The Morgan fingerprint density at radius 2 is 2.07 bits per heavy atom. The highest BCUT2D eigenvalue weighted by Crippen LogP contribution is 2.32. The van der Waals surface area contributed by atoms with Gasteiger partial charge in [0, 0.05) is 18.9 Å². The number of rotatable bonds is 4. The van der Waals surface area contributed by atoms with E-state index in [4.69, 9.17) is 14.2 Å². The molecule has 1 aliphatic carbocycles. The number of nitrogens with one attached hydrogen (secondary N) is 1. The van der Waals surface area contributed by atoms with Gasteiger partial charge in [-0.15, -0.1) is 0 Å². The number of ether oxygens (including phenoxy) is 3. The van der Waals surface area contributed by atoms with Crippen LogP contribution in [0.4, 0.5) is 0 Å². The number of allylic oxidation sites excluding steroid dienone is 1. The molecule has 4 N–H and O–H groups in total. The maximum Gasteiger partial charge on any atom is 0.331 e. The van der Waals surface area contributed by atoms with Crippen LogP contribution in [0.25, 0.3) is 0 Å². The van der Waals surface area contributed by atoms with Crippen molar-refractivity contribution in [2.75, 3.05) is 6.61 Å². The van der Waals surface area contributed by atoms with Crippen LogP contribution in [0.3, 0.4) is 0 Å². The molecule has 0 spiro atoms. The van der Waals surface area contributed by atoms with E-state index in [1.807, 2.05) is 13.0 Å². The van der Waals surface area contributed by atoms with E-state index >= 15 is 0 Å². The fourth-order valence-corrected chi connectivity index (χ4v) is 3.38. The van der Waals surface area contributed by atoms with Gasteiger partial charge in [-0.3, -0.25) is 4.79 Å². The molecule has 2 heterocycles. The van der Waals surface area contributed by atoms with Gasteiger partial charge in [-0.1, -0.05) is 11.6 Å². The highest BCUT2D eigenvalue weighted by Gasteiger charge is 2.46. The van der Waals surface area contributed by atoms with Crippen LogP contribution in [0.5, 0.6) is 0 Å². The Bertz CT molecular complexity index is 699. The van der Waals surface area contributed by atoms with E-state index in [0.29, 0.717) is 5.76 Å². The molecule has 7 atom stereocenters. The SMILES string of the molecule is CC(=O)N[C@H]1[C@H](OC2=C[C@H]3OC(=O)C=C(C)[C@H]3C=C2)O[C@H](CO)[C@@H](O)[C@@H]1O. The van der Waals surface area contributed by atoms with Crippen LogP contribution in [0.1, 0.15) is 13.8 Å². The highest BCUT2D eigenvalue weighted by atomic mass is 16.7. The molecule has 0 saturated carbocycles. The van der Waals surface area contributed by atoms with Crippen molar-refractivity contribution in [1.29, 1.82) is 0 Å². The molecule has 9 heteroatoms. The Morgan fingerprint density at radius 3 is 2.74 bits per heavy atom. The first-order valence-corrected chi connectivity index (χ1v) is 8.65. The third-order valence-electron chi connectivity index (χ3n) is 4.78. The summed E-state index contributed by atoms with van der Waals surface area (Å²) in [5.74, 6) is -0.657. The largest absolute Gasteiger partial charge is 0.463 e. The molecular weight excluding hydrogens is 358 g/mol. The molecule has 9 nitrogen and oxygen atoms in total. The van der Waals surface area contributed by atoms with Crippen molar-refractivity contribution in [2.45, 2.75) is 50.6 Å². The van der Waals surface area contributed by atoms with Crippen LogP contribution in [-0.4, -0.2) is 70.6 Å². The van der Waals surface area contributed by atoms with Gasteiger partial charge in [-0.2, -0.15) is 0 Å². The van der Waals surface area contributed by atoms with E-state index in [-0.39, 0.29) is 5.92 Å². The van der Waals surface area contributed by atoms with Crippen LogP contribution in [0.2, 0.25) is 0 Å². The molecule has 27 heavy (non-hydrogen) atoms. The van der Waals surface area contributed by atoms with Crippen LogP contribution < -0.4 is 5.32 Å².